The van der Waals surface area contributed by atoms with Gasteiger partial charge < -0.3 is 9.09 Å². The highest BCUT2D eigenvalue weighted by Crippen LogP contribution is 2.28. The number of hydrogen-bond acceptors (Lipinski definition) is 5. The van der Waals surface area contributed by atoms with E-state index in [1.165, 1.54) is 12.1 Å². The number of hydrogen-bond donors (Lipinski definition) is 1. The number of imidazole rings is 1. The Morgan fingerprint density at radius 1 is 1.10 bits per heavy atom. The summed E-state index contributed by atoms with van der Waals surface area (Å²) in [5, 5.41) is 7.34. The van der Waals surface area contributed by atoms with Crippen LogP contribution in [0.3, 0.4) is 0 Å². The number of para-hydroxylation sites is 2. The molecule has 3 aromatic heterocycles. The van der Waals surface area contributed by atoms with Gasteiger partial charge in [0.15, 0.2) is 0 Å². The molecule has 0 spiro atoms. The van der Waals surface area contributed by atoms with E-state index in [-0.39, 0.29) is 17.4 Å². The smallest absolute Gasteiger partial charge is 0.259 e. The van der Waals surface area contributed by atoms with E-state index in [0.717, 1.165) is 11.0 Å². The van der Waals surface area contributed by atoms with Crippen molar-refractivity contribution in [3.63, 3.8) is 0 Å². The van der Waals surface area contributed by atoms with Gasteiger partial charge in [0.25, 0.3) is 11.6 Å². The average Bonchev–Trinajstić information content (AvgIpc) is 3.28. The Labute approximate surface area is 170 Å². The molecule has 0 aliphatic rings. The molecule has 0 saturated heterocycles. The second-order valence-electron chi connectivity index (χ2n) is 6.95. The van der Waals surface area contributed by atoms with Gasteiger partial charge in [0.1, 0.15) is 5.82 Å². The molecule has 30 heavy (non-hydrogen) atoms. The molecule has 7 nitrogen and oxygen atoms in total. The third kappa shape index (κ3) is 2.89. The molecule has 1 amide bonds. The van der Waals surface area contributed by atoms with Gasteiger partial charge in [-0.2, -0.15) is 0 Å². The van der Waals surface area contributed by atoms with Crippen molar-refractivity contribution >= 4 is 34.0 Å². The van der Waals surface area contributed by atoms with Gasteiger partial charge in [0.2, 0.25) is 5.95 Å². The fourth-order valence-corrected chi connectivity index (χ4v) is 3.47. The van der Waals surface area contributed by atoms with Crippen molar-refractivity contribution < 1.29 is 13.7 Å². The molecule has 0 radical (unpaired) electrons. The van der Waals surface area contributed by atoms with Gasteiger partial charge in [0, 0.05) is 12.6 Å². The van der Waals surface area contributed by atoms with Crippen LogP contribution in [0.4, 0.5) is 10.3 Å². The van der Waals surface area contributed by atoms with Crippen LogP contribution in [0.5, 0.6) is 0 Å². The summed E-state index contributed by atoms with van der Waals surface area (Å²) in [6.07, 6.45) is 0. The summed E-state index contributed by atoms with van der Waals surface area (Å²) in [5.41, 5.74) is 3.97. The lowest BCUT2D eigenvalue weighted by atomic mass is 10.1. The number of aryl methyl sites for hydroxylation is 2. The minimum Gasteiger partial charge on any atom is -0.335 e. The van der Waals surface area contributed by atoms with Gasteiger partial charge in [-0.1, -0.05) is 17.3 Å². The Morgan fingerprint density at radius 2 is 1.87 bits per heavy atom. The number of amides is 1. The molecule has 3 heterocycles. The van der Waals surface area contributed by atoms with Crippen molar-refractivity contribution in [3.05, 3.63) is 71.7 Å². The number of halogens is 1. The summed E-state index contributed by atoms with van der Waals surface area (Å²) in [6.45, 7) is 1.75. The third-order valence-electron chi connectivity index (χ3n) is 5.01. The predicted octanol–water partition coefficient (Wildman–Crippen LogP) is 4.48. The number of nitrogens with one attached hydrogen (secondary N) is 1. The van der Waals surface area contributed by atoms with Crippen LogP contribution in [0.25, 0.3) is 33.4 Å². The molecule has 0 unspecified atom stereocenters. The lowest BCUT2D eigenvalue weighted by molar-refractivity contribution is 0.102. The Morgan fingerprint density at radius 3 is 2.63 bits per heavy atom. The van der Waals surface area contributed by atoms with Crippen molar-refractivity contribution in [2.45, 2.75) is 6.92 Å². The van der Waals surface area contributed by atoms with Crippen LogP contribution in [0.2, 0.25) is 0 Å². The summed E-state index contributed by atoms with van der Waals surface area (Å²) >= 11 is 0. The van der Waals surface area contributed by atoms with Gasteiger partial charge in [-0.25, -0.2) is 14.4 Å². The normalized spacial score (nSPS) is 11.3. The number of carbonyl (C=O) groups is 1. The van der Waals surface area contributed by atoms with Crippen molar-refractivity contribution in [1.82, 2.24) is 19.7 Å². The van der Waals surface area contributed by atoms with E-state index in [9.17, 15) is 9.18 Å². The second-order valence-corrected chi connectivity index (χ2v) is 6.95. The van der Waals surface area contributed by atoms with Crippen LogP contribution in [0.1, 0.15) is 16.1 Å². The Balaban J connectivity index is 1.61. The molecule has 5 rings (SSSR count). The second kappa shape index (κ2) is 6.77. The van der Waals surface area contributed by atoms with Crippen molar-refractivity contribution in [2.75, 3.05) is 5.32 Å². The number of pyridine rings is 1. The van der Waals surface area contributed by atoms with Gasteiger partial charge in [-0.05, 0) is 49.4 Å². The quantitative estimate of drug-likeness (QED) is 0.482. The first-order valence-electron chi connectivity index (χ1n) is 9.27. The van der Waals surface area contributed by atoms with E-state index < -0.39 is 0 Å². The zero-order valence-corrected chi connectivity index (χ0v) is 16.2. The Hall–Kier alpha value is -4.07. The minimum absolute atomic E-state index is 0.240. The molecule has 1 N–H and O–H groups in total. The maximum atomic E-state index is 13.3. The Kier molecular flexibility index (Phi) is 4.06. The molecule has 8 heteroatoms. The largest absolute Gasteiger partial charge is 0.335 e. The fraction of sp³-hybridized carbons (Fsp3) is 0.0909. The fourth-order valence-electron chi connectivity index (χ4n) is 3.47. The number of carbonyl (C=O) groups excluding carboxylic acids is 1. The molecular formula is C22H16FN5O2. The molecule has 0 fully saturated rings. The first kappa shape index (κ1) is 18.0. The zero-order valence-electron chi connectivity index (χ0n) is 16.2. The molecule has 0 aliphatic heterocycles. The summed E-state index contributed by atoms with van der Waals surface area (Å²) in [6, 6.07) is 15.1. The van der Waals surface area contributed by atoms with Crippen LogP contribution in [-0.2, 0) is 7.05 Å². The number of rotatable bonds is 3. The number of aromatic nitrogens is 4. The van der Waals surface area contributed by atoms with Gasteiger partial charge >= 0.3 is 0 Å². The number of nitrogens with zero attached hydrogens (tertiary/aromatic N) is 4. The van der Waals surface area contributed by atoms with Crippen LogP contribution in [-0.4, -0.2) is 25.6 Å². The monoisotopic (exact) mass is 401 g/mol. The summed E-state index contributed by atoms with van der Waals surface area (Å²) in [4.78, 5) is 22.2. The van der Waals surface area contributed by atoms with Gasteiger partial charge in [-0.15, -0.1) is 0 Å². The molecule has 2 aromatic carbocycles. The molecule has 0 bridgehead atoms. The van der Waals surface area contributed by atoms with E-state index in [1.807, 2.05) is 35.9 Å². The highest BCUT2D eigenvalue weighted by Gasteiger charge is 2.21. The van der Waals surface area contributed by atoms with E-state index >= 15 is 0 Å². The molecule has 0 aliphatic carbocycles. The van der Waals surface area contributed by atoms with Crippen molar-refractivity contribution in [2.24, 2.45) is 7.05 Å². The number of benzene rings is 2. The summed E-state index contributed by atoms with van der Waals surface area (Å²) < 4.78 is 20.4. The van der Waals surface area contributed by atoms with Crippen LogP contribution in [0.15, 0.2) is 59.1 Å². The predicted molar refractivity (Wildman–Crippen MR) is 111 cm³/mol. The van der Waals surface area contributed by atoms with E-state index in [2.05, 4.69) is 20.4 Å². The topological polar surface area (TPSA) is 85.8 Å². The SMILES string of the molecule is Cc1noc2nc(-c3ccc(F)cc3)cc(C(=O)Nc3nc4ccccc4n3C)c12. The summed E-state index contributed by atoms with van der Waals surface area (Å²) in [7, 11) is 1.84. The Bertz CT molecular complexity index is 1420. The van der Waals surface area contributed by atoms with Gasteiger partial charge in [-0.3, -0.25) is 10.1 Å². The van der Waals surface area contributed by atoms with Crippen LogP contribution >= 0.6 is 0 Å². The lowest BCUT2D eigenvalue weighted by Crippen LogP contribution is -2.16. The third-order valence-corrected chi connectivity index (χ3v) is 5.01. The highest BCUT2D eigenvalue weighted by molar-refractivity contribution is 6.12. The first-order valence-corrected chi connectivity index (χ1v) is 9.27. The van der Waals surface area contributed by atoms with Gasteiger partial charge in [0.05, 0.1) is 33.4 Å². The maximum absolute atomic E-state index is 13.3. The summed E-state index contributed by atoms with van der Waals surface area (Å²) in [5.74, 6) is -0.297. The number of fused-ring (bicyclic) bond motifs is 2. The molecule has 5 aromatic rings. The van der Waals surface area contributed by atoms with Crippen LogP contribution < -0.4 is 5.32 Å². The van der Waals surface area contributed by atoms with Crippen molar-refractivity contribution in [1.29, 1.82) is 0 Å². The van der Waals surface area contributed by atoms with E-state index in [4.69, 9.17) is 4.52 Å². The zero-order chi connectivity index (χ0) is 20.8. The standard InChI is InChI=1S/C22H16FN5O2/c1-12-19-15(20(29)26-22-25-16-5-3-4-6-18(16)28(22)2)11-17(24-21(19)30-27-12)13-7-9-14(23)10-8-13/h3-11H,1-2H3,(H,25,26,29). The number of anilines is 1. The first-order chi connectivity index (χ1) is 14.5. The molecule has 0 atom stereocenters. The average molecular weight is 401 g/mol. The molecular weight excluding hydrogens is 385 g/mol. The minimum atomic E-state index is -0.365. The van der Waals surface area contributed by atoms with Crippen LogP contribution in [0, 0.1) is 12.7 Å². The molecule has 0 saturated carbocycles. The molecule has 148 valence electrons. The van der Waals surface area contributed by atoms with E-state index in [0.29, 0.717) is 33.8 Å². The lowest BCUT2D eigenvalue weighted by Gasteiger charge is -2.08. The van der Waals surface area contributed by atoms with Crippen molar-refractivity contribution in [3.8, 4) is 11.3 Å². The van der Waals surface area contributed by atoms with E-state index in [1.54, 1.807) is 25.1 Å². The maximum Gasteiger partial charge on any atom is 0.259 e. The highest BCUT2D eigenvalue weighted by atomic mass is 19.1.